The van der Waals surface area contributed by atoms with E-state index in [1.807, 2.05) is 0 Å². The first-order chi connectivity index (χ1) is 8.06. The SMILES string of the molecule is Cc1nc(NCC2CN(C)CCN2C)sc1C. The molecule has 96 valence electrons. The second-order valence-electron chi connectivity index (χ2n) is 4.94. The number of nitrogens with zero attached hydrogens (tertiary/aromatic N) is 3. The lowest BCUT2D eigenvalue weighted by Crippen LogP contribution is -2.52. The Hall–Kier alpha value is -0.650. The van der Waals surface area contributed by atoms with E-state index >= 15 is 0 Å². The van der Waals surface area contributed by atoms with Gasteiger partial charge in [-0.2, -0.15) is 0 Å². The van der Waals surface area contributed by atoms with Gasteiger partial charge < -0.3 is 10.2 Å². The zero-order valence-electron chi connectivity index (χ0n) is 11.2. The summed E-state index contributed by atoms with van der Waals surface area (Å²) in [6, 6.07) is 0.582. The van der Waals surface area contributed by atoms with Gasteiger partial charge in [-0.3, -0.25) is 4.90 Å². The fourth-order valence-electron chi connectivity index (χ4n) is 2.08. The molecule has 1 aromatic heterocycles. The summed E-state index contributed by atoms with van der Waals surface area (Å²) in [7, 11) is 4.40. The molecule has 1 fully saturated rings. The summed E-state index contributed by atoms with van der Waals surface area (Å²) in [4.78, 5) is 10.6. The number of hydrogen-bond donors (Lipinski definition) is 1. The third kappa shape index (κ3) is 3.18. The van der Waals surface area contributed by atoms with Gasteiger partial charge in [-0.15, -0.1) is 11.3 Å². The summed E-state index contributed by atoms with van der Waals surface area (Å²) in [6.07, 6.45) is 0. The molecular formula is C12H22N4S. The maximum Gasteiger partial charge on any atom is 0.183 e. The molecule has 1 atom stereocenters. The predicted molar refractivity (Wildman–Crippen MR) is 74.0 cm³/mol. The molecule has 1 N–H and O–H groups in total. The molecule has 0 bridgehead atoms. The first-order valence-electron chi connectivity index (χ1n) is 6.13. The molecule has 1 aliphatic heterocycles. The first kappa shape index (κ1) is 12.8. The van der Waals surface area contributed by atoms with Crippen LogP contribution in [0.5, 0.6) is 0 Å². The van der Waals surface area contributed by atoms with Crippen LogP contribution in [0.2, 0.25) is 0 Å². The van der Waals surface area contributed by atoms with E-state index in [0.29, 0.717) is 6.04 Å². The van der Waals surface area contributed by atoms with Crippen molar-refractivity contribution in [2.45, 2.75) is 19.9 Å². The van der Waals surface area contributed by atoms with Gasteiger partial charge in [0.1, 0.15) is 0 Å². The van der Waals surface area contributed by atoms with Crippen LogP contribution in [0.1, 0.15) is 10.6 Å². The van der Waals surface area contributed by atoms with Crippen LogP contribution >= 0.6 is 11.3 Å². The molecule has 1 saturated heterocycles. The number of hydrogen-bond acceptors (Lipinski definition) is 5. The standard InChI is InChI=1S/C12H22N4S/c1-9-10(2)17-12(14-9)13-7-11-8-15(3)5-6-16(11)4/h11H,5-8H2,1-4H3,(H,13,14). The van der Waals surface area contributed by atoms with Crippen LogP contribution in [0, 0.1) is 13.8 Å². The van der Waals surface area contributed by atoms with Gasteiger partial charge in [0.25, 0.3) is 0 Å². The molecule has 1 aromatic rings. The van der Waals surface area contributed by atoms with E-state index in [1.165, 1.54) is 11.4 Å². The lowest BCUT2D eigenvalue weighted by atomic mass is 10.2. The van der Waals surface area contributed by atoms with Crippen molar-refractivity contribution in [1.82, 2.24) is 14.8 Å². The average molecular weight is 254 g/mol. The van der Waals surface area contributed by atoms with E-state index in [-0.39, 0.29) is 0 Å². The quantitative estimate of drug-likeness (QED) is 0.884. The Morgan fingerprint density at radius 1 is 1.35 bits per heavy atom. The number of likely N-dealkylation sites (N-methyl/N-ethyl adjacent to an activating group) is 2. The van der Waals surface area contributed by atoms with E-state index < -0.39 is 0 Å². The number of aromatic nitrogens is 1. The molecule has 0 amide bonds. The Bertz CT molecular complexity index is 357. The van der Waals surface area contributed by atoms with Crippen molar-refractivity contribution in [3.05, 3.63) is 10.6 Å². The molecule has 2 heterocycles. The van der Waals surface area contributed by atoms with Crippen molar-refractivity contribution >= 4 is 16.5 Å². The fraction of sp³-hybridized carbons (Fsp3) is 0.750. The molecule has 0 saturated carbocycles. The van der Waals surface area contributed by atoms with Gasteiger partial charge in [0.2, 0.25) is 0 Å². The summed E-state index contributed by atoms with van der Waals surface area (Å²) < 4.78 is 0. The van der Waals surface area contributed by atoms with Crippen LogP contribution in [0.25, 0.3) is 0 Å². The summed E-state index contributed by atoms with van der Waals surface area (Å²) >= 11 is 1.75. The minimum atomic E-state index is 0.582. The van der Waals surface area contributed by atoms with E-state index in [4.69, 9.17) is 0 Å². The minimum Gasteiger partial charge on any atom is -0.360 e. The molecule has 0 aliphatic carbocycles. The second-order valence-corrected chi connectivity index (χ2v) is 6.14. The number of rotatable bonds is 3. The Morgan fingerprint density at radius 3 is 2.76 bits per heavy atom. The average Bonchev–Trinajstić information content (AvgIpc) is 2.60. The van der Waals surface area contributed by atoms with Crippen LogP contribution in [-0.4, -0.2) is 61.1 Å². The van der Waals surface area contributed by atoms with E-state index in [2.05, 4.69) is 48.0 Å². The van der Waals surface area contributed by atoms with Gasteiger partial charge >= 0.3 is 0 Å². The minimum absolute atomic E-state index is 0.582. The fourth-order valence-corrected chi connectivity index (χ4v) is 2.90. The van der Waals surface area contributed by atoms with Gasteiger partial charge in [-0.05, 0) is 27.9 Å². The van der Waals surface area contributed by atoms with Crippen molar-refractivity contribution in [1.29, 1.82) is 0 Å². The smallest absolute Gasteiger partial charge is 0.183 e. The number of piperazine rings is 1. The molecule has 0 aromatic carbocycles. The van der Waals surface area contributed by atoms with Crippen LogP contribution in [0.15, 0.2) is 0 Å². The van der Waals surface area contributed by atoms with Gasteiger partial charge in [0.05, 0.1) is 5.69 Å². The highest BCUT2D eigenvalue weighted by atomic mass is 32.1. The largest absolute Gasteiger partial charge is 0.360 e. The van der Waals surface area contributed by atoms with Gasteiger partial charge in [-0.25, -0.2) is 4.98 Å². The van der Waals surface area contributed by atoms with Crippen molar-refractivity contribution in [2.24, 2.45) is 0 Å². The Balaban J connectivity index is 1.88. The summed E-state index contributed by atoms with van der Waals surface area (Å²) in [6.45, 7) is 8.62. The summed E-state index contributed by atoms with van der Waals surface area (Å²) in [5.41, 5.74) is 1.15. The zero-order chi connectivity index (χ0) is 12.4. The molecular weight excluding hydrogens is 232 g/mol. The Morgan fingerprint density at radius 2 is 2.12 bits per heavy atom. The molecule has 2 rings (SSSR count). The predicted octanol–water partition coefficient (Wildman–Crippen LogP) is 1.42. The Labute approximate surface area is 108 Å². The van der Waals surface area contributed by atoms with E-state index in [1.54, 1.807) is 11.3 Å². The lowest BCUT2D eigenvalue weighted by Gasteiger charge is -2.37. The molecule has 1 aliphatic rings. The molecule has 4 nitrogen and oxygen atoms in total. The zero-order valence-corrected chi connectivity index (χ0v) is 12.0. The molecule has 17 heavy (non-hydrogen) atoms. The second kappa shape index (κ2) is 5.33. The normalized spacial score (nSPS) is 22.9. The van der Waals surface area contributed by atoms with Gasteiger partial charge in [0.15, 0.2) is 5.13 Å². The number of nitrogens with one attached hydrogen (secondary N) is 1. The third-order valence-corrected chi connectivity index (χ3v) is 4.53. The molecule has 5 heteroatoms. The third-order valence-electron chi connectivity index (χ3n) is 3.50. The first-order valence-corrected chi connectivity index (χ1v) is 6.94. The maximum atomic E-state index is 4.51. The molecule has 0 radical (unpaired) electrons. The van der Waals surface area contributed by atoms with Crippen molar-refractivity contribution in [3.8, 4) is 0 Å². The van der Waals surface area contributed by atoms with Gasteiger partial charge in [0, 0.05) is 37.1 Å². The number of aryl methyl sites for hydroxylation is 2. The van der Waals surface area contributed by atoms with E-state index in [0.717, 1.165) is 30.5 Å². The number of anilines is 1. The summed E-state index contributed by atoms with van der Waals surface area (Å²) in [5.74, 6) is 0. The maximum absolute atomic E-state index is 4.51. The highest BCUT2D eigenvalue weighted by molar-refractivity contribution is 7.15. The lowest BCUT2D eigenvalue weighted by molar-refractivity contribution is 0.122. The highest BCUT2D eigenvalue weighted by Crippen LogP contribution is 2.21. The van der Waals surface area contributed by atoms with Crippen molar-refractivity contribution in [3.63, 3.8) is 0 Å². The summed E-state index contributed by atoms with van der Waals surface area (Å²) in [5, 5.41) is 4.52. The van der Waals surface area contributed by atoms with Crippen LogP contribution in [0.4, 0.5) is 5.13 Å². The van der Waals surface area contributed by atoms with Gasteiger partial charge in [-0.1, -0.05) is 0 Å². The number of thiazole rings is 1. The van der Waals surface area contributed by atoms with Crippen LogP contribution in [0.3, 0.4) is 0 Å². The van der Waals surface area contributed by atoms with Crippen molar-refractivity contribution < 1.29 is 0 Å². The van der Waals surface area contributed by atoms with Crippen molar-refractivity contribution in [2.75, 3.05) is 45.6 Å². The van der Waals surface area contributed by atoms with Crippen LogP contribution in [-0.2, 0) is 0 Å². The van der Waals surface area contributed by atoms with Crippen LogP contribution < -0.4 is 5.32 Å². The van der Waals surface area contributed by atoms with E-state index in [9.17, 15) is 0 Å². The monoisotopic (exact) mass is 254 g/mol. The Kier molecular flexibility index (Phi) is 4.01. The highest BCUT2D eigenvalue weighted by Gasteiger charge is 2.21. The molecule has 0 spiro atoms. The topological polar surface area (TPSA) is 31.4 Å². The molecule has 1 unspecified atom stereocenters.